The highest BCUT2D eigenvalue weighted by Gasteiger charge is 2.22. The minimum atomic E-state index is -3.57. The SMILES string of the molecule is CCN(CC)S(=O)(=O)c1ccc2nnn(OCCOc3ccc(C)cc3)c2c1. The first-order chi connectivity index (χ1) is 13.5. The van der Waals surface area contributed by atoms with Crippen molar-refractivity contribution < 1.29 is 18.0 Å². The van der Waals surface area contributed by atoms with Gasteiger partial charge in [-0.3, -0.25) is 0 Å². The number of benzene rings is 2. The fourth-order valence-corrected chi connectivity index (χ4v) is 4.24. The highest BCUT2D eigenvalue weighted by molar-refractivity contribution is 7.89. The van der Waals surface area contributed by atoms with Gasteiger partial charge in [0.1, 0.15) is 23.4 Å². The standard InChI is InChI=1S/C19H24N4O4S/c1-4-22(5-2)28(24,25)17-10-11-18-19(14-17)23(21-20-18)27-13-12-26-16-8-6-15(3)7-9-16/h6-11,14H,4-5,12-13H2,1-3H3. The molecule has 3 aromatic rings. The third-order valence-corrected chi connectivity index (χ3v) is 6.36. The Labute approximate surface area is 164 Å². The molecule has 0 radical (unpaired) electrons. The average molecular weight is 404 g/mol. The lowest BCUT2D eigenvalue weighted by molar-refractivity contribution is 0.0639. The van der Waals surface area contributed by atoms with Gasteiger partial charge < -0.3 is 9.57 Å². The molecule has 0 aliphatic heterocycles. The molecule has 0 bridgehead atoms. The van der Waals surface area contributed by atoms with Crippen molar-refractivity contribution in [2.45, 2.75) is 25.7 Å². The van der Waals surface area contributed by atoms with Crippen molar-refractivity contribution in [3.05, 3.63) is 48.0 Å². The van der Waals surface area contributed by atoms with Crippen LogP contribution < -0.4 is 9.57 Å². The van der Waals surface area contributed by atoms with Crippen molar-refractivity contribution >= 4 is 21.1 Å². The van der Waals surface area contributed by atoms with Gasteiger partial charge in [-0.25, -0.2) is 8.42 Å². The summed E-state index contributed by atoms with van der Waals surface area (Å²) in [4.78, 5) is 7.01. The fraction of sp³-hybridized carbons (Fsp3) is 0.368. The topological polar surface area (TPSA) is 86.6 Å². The van der Waals surface area contributed by atoms with Gasteiger partial charge in [0.2, 0.25) is 10.0 Å². The lowest BCUT2D eigenvalue weighted by Crippen LogP contribution is -2.30. The Morgan fingerprint density at radius 1 is 1.04 bits per heavy atom. The molecule has 0 spiro atoms. The molecule has 150 valence electrons. The van der Waals surface area contributed by atoms with Crippen molar-refractivity contribution in [3.8, 4) is 5.75 Å². The molecular formula is C19H24N4O4S. The van der Waals surface area contributed by atoms with Gasteiger partial charge in [-0.2, -0.15) is 4.31 Å². The summed E-state index contributed by atoms with van der Waals surface area (Å²) in [6.07, 6.45) is 0. The van der Waals surface area contributed by atoms with Crippen molar-refractivity contribution in [2.24, 2.45) is 0 Å². The summed E-state index contributed by atoms with van der Waals surface area (Å²) >= 11 is 0. The molecule has 3 rings (SSSR count). The van der Waals surface area contributed by atoms with Crippen LogP contribution in [0.4, 0.5) is 0 Å². The Balaban J connectivity index is 1.71. The first-order valence-electron chi connectivity index (χ1n) is 9.14. The van der Waals surface area contributed by atoms with E-state index in [0.717, 1.165) is 11.3 Å². The Morgan fingerprint density at radius 3 is 2.43 bits per heavy atom. The van der Waals surface area contributed by atoms with Gasteiger partial charge in [0.15, 0.2) is 6.61 Å². The maximum absolute atomic E-state index is 12.7. The Hall–Kier alpha value is -2.65. The van der Waals surface area contributed by atoms with Gasteiger partial charge >= 0.3 is 0 Å². The Bertz CT molecular complexity index is 1030. The van der Waals surface area contributed by atoms with Crippen LogP contribution in [0.15, 0.2) is 47.4 Å². The van der Waals surface area contributed by atoms with E-state index in [1.54, 1.807) is 6.07 Å². The van der Waals surface area contributed by atoms with Gasteiger partial charge in [-0.15, -0.1) is 5.10 Å². The van der Waals surface area contributed by atoms with Crippen LogP contribution in [0, 0.1) is 6.92 Å². The molecule has 0 N–H and O–H groups in total. The molecule has 9 heteroatoms. The van der Waals surface area contributed by atoms with Gasteiger partial charge in [0, 0.05) is 13.1 Å². The average Bonchev–Trinajstić information content (AvgIpc) is 3.09. The zero-order chi connectivity index (χ0) is 20.1. The number of aryl methyl sites for hydroxylation is 1. The second kappa shape index (κ2) is 8.57. The van der Waals surface area contributed by atoms with Gasteiger partial charge in [0.25, 0.3) is 0 Å². The molecular weight excluding hydrogens is 380 g/mol. The first-order valence-corrected chi connectivity index (χ1v) is 10.6. The van der Waals surface area contributed by atoms with Crippen LogP contribution in [0.1, 0.15) is 19.4 Å². The number of hydrogen-bond acceptors (Lipinski definition) is 6. The molecule has 0 unspecified atom stereocenters. The highest BCUT2D eigenvalue weighted by Crippen LogP contribution is 2.20. The number of hydrogen-bond donors (Lipinski definition) is 0. The minimum Gasteiger partial charge on any atom is -0.490 e. The number of sulfonamides is 1. The fourth-order valence-electron chi connectivity index (χ4n) is 2.76. The van der Waals surface area contributed by atoms with Crippen LogP contribution in [0.25, 0.3) is 11.0 Å². The Kier molecular flexibility index (Phi) is 6.15. The number of ether oxygens (including phenoxy) is 1. The number of rotatable bonds is 9. The predicted molar refractivity (Wildman–Crippen MR) is 106 cm³/mol. The van der Waals surface area contributed by atoms with E-state index in [-0.39, 0.29) is 11.5 Å². The van der Waals surface area contributed by atoms with Crippen molar-refractivity contribution in [2.75, 3.05) is 26.3 Å². The lowest BCUT2D eigenvalue weighted by Gasteiger charge is -2.18. The van der Waals surface area contributed by atoms with E-state index < -0.39 is 10.0 Å². The van der Waals surface area contributed by atoms with E-state index in [9.17, 15) is 8.42 Å². The molecule has 0 saturated carbocycles. The molecule has 1 heterocycles. The molecule has 0 saturated heterocycles. The third-order valence-electron chi connectivity index (χ3n) is 4.32. The summed E-state index contributed by atoms with van der Waals surface area (Å²) in [5, 5.41) is 7.95. The number of aromatic nitrogens is 3. The Morgan fingerprint density at radius 2 is 1.75 bits per heavy atom. The van der Waals surface area contributed by atoms with Crippen molar-refractivity contribution in [1.29, 1.82) is 0 Å². The van der Waals surface area contributed by atoms with Crippen LogP contribution in [-0.4, -0.2) is 54.2 Å². The van der Waals surface area contributed by atoms with Gasteiger partial charge in [0.05, 0.1) is 4.90 Å². The van der Waals surface area contributed by atoms with E-state index in [2.05, 4.69) is 10.3 Å². The van der Waals surface area contributed by atoms with Crippen molar-refractivity contribution in [1.82, 2.24) is 19.5 Å². The monoisotopic (exact) mass is 404 g/mol. The van der Waals surface area contributed by atoms with Crippen LogP contribution in [0.5, 0.6) is 5.75 Å². The molecule has 8 nitrogen and oxygen atoms in total. The summed E-state index contributed by atoms with van der Waals surface area (Å²) in [5.74, 6) is 0.755. The second-order valence-electron chi connectivity index (χ2n) is 6.20. The van der Waals surface area contributed by atoms with Gasteiger partial charge in [-0.1, -0.05) is 36.4 Å². The summed E-state index contributed by atoms with van der Waals surface area (Å²) < 4.78 is 32.5. The van der Waals surface area contributed by atoms with E-state index in [1.807, 2.05) is 45.0 Å². The van der Waals surface area contributed by atoms with E-state index in [1.165, 1.54) is 21.3 Å². The zero-order valence-corrected chi connectivity index (χ0v) is 17.0. The zero-order valence-electron chi connectivity index (χ0n) is 16.2. The molecule has 0 atom stereocenters. The van der Waals surface area contributed by atoms with Crippen LogP contribution >= 0.6 is 0 Å². The van der Waals surface area contributed by atoms with Crippen LogP contribution in [-0.2, 0) is 10.0 Å². The lowest BCUT2D eigenvalue weighted by atomic mass is 10.2. The molecule has 1 aromatic heterocycles. The largest absolute Gasteiger partial charge is 0.490 e. The van der Waals surface area contributed by atoms with E-state index >= 15 is 0 Å². The normalized spacial score (nSPS) is 11.9. The number of fused-ring (bicyclic) bond motifs is 1. The smallest absolute Gasteiger partial charge is 0.243 e. The molecule has 2 aromatic carbocycles. The predicted octanol–water partition coefficient (Wildman–Crippen LogP) is 2.28. The highest BCUT2D eigenvalue weighted by atomic mass is 32.2. The molecule has 0 fully saturated rings. The van der Waals surface area contributed by atoms with E-state index in [4.69, 9.17) is 9.57 Å². The molecule has 0 aliphatic carbocycles. The summed E-state index contributed by atoms with van der Waals surface area (Å²) in [6.45, 7) is 6.99. The van der Waals surface area contributed by atoms with Gasteiger partial charge in [-0.05, 0) is 42.5 Å². The first kappa shape index (κ1) is 20.1. The third kappa shape index (κ3) is 4.26. The van der Waals surface area contributed by atoms with Crippen LogP contribution in [0.2, 0.25) is 0 Å². The molecule has 28 heavy (non-hydrogen) atoms. The quantitative estimate of drug-likeness (QED) is 0.509. The molecule has 0 aliphatic rings. The maximum Gasteiger partial charge on any atom is 0.243 e. The van der Waals surface area contributed by atoms with E-state index in [0.29, 0.717) is 30.7 Å². The number of nitrogens with zero attached hydrogens (tertiary/aromatic N) is 4. The van der Waals surface area contributed by atoms with Crippen LogP contribution in [0.3, 0.4) is 0 Å². The maximum atomic E-state index is 12.7. The summed E-state index contributed by atoms with van der Waals surface area (Å²) in [7, 11) is -3.57. The van der Waals surface area contributed by atoms with Crippen molar-refractivity contribution in [3.63, 3.8) is 0 Å². The second-order valence-corrected chi connectivity index (χ2v) is 8.13. The summed E-state index contributed by atoms with van der Waals surface area (Å²) in [6, 6.07) is 12.4. The minimum absolute atomic E-state index is 0.187. The summed E-state index contributed by atoms with van der Waals surface area (Å²) in [5.41, 5.74) is 2.20. The molecule has 0 amide bonds.